The maximum atomic E-state index is 13.9. The molecule has 1 N–H and O–H groups in total. The number of anilines is 1. The van der Waals surface area contributed by atoms with Crippen molar-refractivity contribution in [2.24, 2.45) is 0 Å². The topological polar surface area (TPSA) is 86.8 Å². The Morgan fingerprint density at radius 3 is 2.21 bits per heavy atom. The van der Waals surface area contributed by atoms with Gasteiger partial charge in [-0.15, -0.1) is 0 Å². The molecule has 202 valence electrons. The van der Waals surface area contributed by atoms with Crippen molar-refractivity contribution in [2.75, 3.05) is 17.4 Å². The van der Waals surface area contributed by atoms with Gasteiger partial charge in [0.1, 0.15) is 12.6 Å². The van der Waals surface area contributed by atoms with E-state index in [9.17, 15) is 18.0 Å². The number of hydrogen-bond acceptors (Lipinski definition) is 4. The zero-order chi connectivity index (χ0) is 28.0. The van der Waals surface area contributed by atoms with Crippen LogP contribution in [0.5, 0.6) is 0 Å². The highest BCUT2D eigenvalue weighted by atomic mass is 79.9. The van der Waals surface area contributed by atoms with E-state index >= 15 is 0 Å². The summed E-state index contributed by atoms with van der Waals surface area (Å²) in [4.78, 5) is 28.2. The molecule has 0 aliphatic carbocycles. The molecule has 1 unspecified atom stereocenters. The lowest BCUT2D eigenvalue weighted by atomic mass is 10.1. The SMILES string of the molecule is CCNC(=O)C(C)N(Cc1cccc(Br)c1)C(=O)CN(c1ccc(C)cc1C)S(=O)(=O)c1ccc(C)cc1. The number of nitrogens with one attached hydrogen (secondary N) is 1. The van der Waals surface area contributed by atoms with Gasteiger partial charge < -0.3 is 10.2 Å². The predicted molar refractivity (Wildman–Crippen MR) is 154 cm³/mol. The normalized spacial score (nSPS) is 12.1. The first-order valence-corrected chi connectivity index (χ1v) is 14.7. The van der Waals surface area contributed by atoms with Gasteiger partial charge in [0, 0.05) is 17.6 Å². The molecule has 0 bridgehead atoms. The maximum absolute atomic E-state index is 13.9. The number of halogens is 1. The third-order valence-corrected chi connectivity index (χ3v) is 8.54. The molecule has 0 saturated heterocycles. The highest BCUT2D eigenvalue weighted by Gasteiger charge is 2.33. The van der Waals surface area contributed by atoms with E-state index in [1.54, 1.807) is 44.2 Å². The molecule has 0 saturated carbocycles. The molecule has 7 nitrogen and oxygen atoms in total. The van der Waals surface area contributed by atoms with Gasteiger partial charge in [0.15, 0.2) is 0 Å². The van der Waals surface area contributed by atoms with E-state index in [0.29, 0.717) is 12.2 Å². The Kier molecular flexibility index (Phi) is 9.73. The van der Waals surface area contributed by atoms with Crippen LogP contribution in [0.25, 0.3) is 0 Å². The van der Waals surface area contributed by atoms with Gasteiger partial charge in [-0.1, -0.05) is 63.5 Å². The van der Waals surface area contributed by atoms with Crippen LogP contribution in [0.3, 0.4) is 0 Å². The third kappa shape index (κ3) is 7.02. The second-order valence-corrected chi connectivity index (χ2v) is 12.1. The van der Waals surface area contributed by atoms with Crippen molar-refractivity contribution in [1.29, 1.82) is 0 Å². The highest BCUT2D eigenvalue weighted by molar-refractivity contribution is 9.10. The number of aryl methyl sites for hydroxylation is 3. The molecule has 3 aromatic rings. The monoisotopic (exact) mass is 599 g/mol. The first-order valence-electron chi connectivity index (χ1n) is 12.4. The van der Waals surface area contributed by atoms with Gasteiger partial charge in [-0.25, -0.2) is 8.42 Å². The molecule has 38 heavy (non-hydrogen) atoms. The number of benzene rings is 3. The Balaban J connectivity index is 2.07. The fraction of sp³-hybridized carbons (Fsp3) is 0.310. The fourth-order valence-electron chi connectivity index (χ4n) is 4.17. The van der Waals surface area contributed by atoms with Gasteiger partial charge >= 0.3 is 0 Å². The summed E-state index contributed by atoms with van der Waals surface area (Å²) in [5.74, 6) is -0.797. The minimum absolute atomic E-state index is 0.0891. The maximum Gasteiger partial charge on any atom is 0.264 e. The standard InChI is InChI=1S/C29H34BrN3O4S/c1-6-31-29(35)23(5)32(18-24-8-7-9-25(30)17-24)28(34)19-33(27-15-12-21(3)16-22(27)4)38(36,37)26-13-10-20(2)11-14-26/h7-17,23H,6,18-19H2,1-5H3,(H,31,35). The van der Waals surface area contributed by atoms with Crippen LogP contribution in [0.4, 0.5) is 5.69 Å². The number of carbonyl (C=O) groups excluding carboxylic acids is 2. The van der Waals surface area contributed by atoms with E-state index < -0.39 is 28.5 Å². The van der Waals surface area contributed by atoms with Crippen LogP contribution in [0.1, 0.15) is 36.1 Å². The molecule has 0 aliphatic heterocycles. The quantitative estimate of drug-likeness (QED) is 0.350. The summed E-state index contributed by atoms with van der Waals surface area (Å²) in [5, 5.41) is 2.77. The highest BCUT2D eigenvalue weighted by Crippen LogP contribution is 2.28. The third-order valence-electron chi connectivity index (χ3n) is 6.27. The second kappa shape index (κ2) is 12.6. The molecule has 0 aliphatic rings. The molecule has 0 spiro atoms. The molecule has 9 heteroatoms. The van der Waals surface area contributed by atoms with Crippen molar-refractivity contribution in [3.63, 3.8) is 0 Å². The molecule has 0 heterocycles. The largest absolute Gasteiger partial charge is 0.355 e. The Labute approximate surface area is 234 Å². The second-order valence-electron chi connectivity index (χ2n) is 9.34. The molecule has 0 aromatic heterocycles. The van der Waals surface area contributed by atoms with Crippen LogP contribution in [0, 0.1) is 20.8 Å². The smallest absolute Gasteiger partial charge is 0.264 e. The lowest BCUT2D eigenvalue weighted by Gasteiger charge is -2.32. The molecule has 1 atom stereocenters. The molecule has 0 radical (unpaired) electrons. The van der Waals surface area contributed by atoms with Crippen LogP contribution in [0.15, 0.2) is 76.1 Å². The number of hydrogen-bond donors (Lipinski definition) is 1. The fourth-order valence-corrected chi connectivity index (χ4v) is 6.10. The van der Waals surface area contributed by atoms with Crippen molar-refractivity contribution < 1.29 is 18.0 Å². The predicted octanol–water partition coefficient (Wildman–Crippen LogP) is 5.12. The van der Waals surface area contributed by atoms with Crippen molar-refractivity contribution >= 4 is 43.5 Å². The number of rotatable bonds is 10. The van der Waals surface area contributed by atoms with Gasteiger partial charge in [-0.2, -0.15) is 0 Å². The first kappa shape index (κ1) is 29.4. The Hall–Kier alpha value is -3.17. The summed E-state index contributed by atoms with van der Waals surface area (Å²) in [6.45, 7) is 9.18. The van der Waals surface area contributed by atoms with Crippen LogP contribution >= 0.6 is 15.9 Å². The van der Waals surface area contributed by atoms with Crippen LogP contribution in [0.2, 0.25) is 0 Å². The van der Waals surface area contributed by atoms with E-state index in [-0.39, 0.29) is 17.3 Å². The van der Waals surface area contributed by atoms with Crippen molar-refractivity contribution in [3.8, 4) is 0 Å². The van der Waals surface area contributed by atoms with Gasteiger partial charge in [0.2, 0.25) is 11.8 Å². The molecular weight excluding hydrogens is 566 g/mol. The molecular formula is C29H34BrN3O4S. The summed E-state index contributed by atoms with van der Waals surface area (Å²) < 4.78 is 29.8. The van der Waals surface area contributed by atoms with E-state index in [1.165, 1.54) is 4.90 Å². The Bertz CT molecular complexity index is 1410. The number of nitrogens with zero attached hydrogens (tertiary/aromatic N) is 2. The van der Waals surface area contributed by atoms with Crippen molar-refractivity contribution in [2.45, 2.75) is 52.1 Å². The minimum Gasteiger partial charge on any atom is -0.355 e. The van der Waals surface area contributed by atoms with Gasteiger partial charge in [-0.05, 0) is 76.1 Å². The average Bonchev–Trinajstić information content (AvgIpc) is 2.86. The number of amides is 2. The van der Waals surface area contributed by atoms with Crippen LogP contribution < -0.4 is 9.62 Å². The number of carbonyl (C=O) groups is 2. The van der Waals surface area contributed by atoms with E-state index in [0.717, 1.165) is 31.0 Å². The van der Waals surface area contributed by atoms with Gasteiger partial charge in [0.25, 0.3) is 10.0 Å². The summed E-state index contributed by atoms with van der Waals surface area (Å²) >= 11 is 3.45. The average molecular weight is 601 g/mol. The van der Waals surface area contributed by atoms with Gasteiger partial charge in [-0.3, -0.25) is 13.9 Å². The summed E-state index contributed by atoms with van der Waals surface area (Å²) in [6, 6.07) is 18.6. The minimum atomic E-state index is -4.09. The Morgan fingerprint density at radius 2 is 1.61 bits per heavy atom. The summed E-state index contributed by atoms with van der Waals surface area (Å²) in [7, 11) is -4.09. The zero-order valence-electron chi connectivity index (χ0n) is 22.4. The molecule has 3 aromatic carbocycles. The van der Waals surface area contributed by atoms with E-state index in [2.05, 4.69) is 21.2 Å². The molecule has 0 fully saturated rings. The molecule has 3 rings (SSSR count). The van der Waals surface area contributed by atoms with Crippen LogP contribution in [-0.2, 0) is 26.2 Å². The van der Waals surface area contributed by atoms with Crippen LogP contribution in [-0.4, -0.2) is 44.3 Å². The van der Waals surface area contributed by atoms with Gasteiger partial charge in [0.05, 0.1) is 10.6 Å². The number of sulfonamides is 1. The summed E-state index contributed by atoms with van der Waals surface area (Å²) in [6.07, 6.45) is 0. The Morgan fingerprint density at radius 1 is 0.947 bits per heavy atom. The molecule has 2 amide bonds. The summed E-state index contributed by atoms with van der Waals surface area (Å²) in [5.41, 5.74) is 3.85. The lowest BCUT2D eigenvalue weighted by Crippen LogP contribution is -2.51. The number of likely N-dealkylation sites (N-methyl/N-ethyl adjacent to an activating group) is 1. The van der Waals surface area contributed by atoms with Crippen molar-refractivity contribution in [3.05, 3.63) is 93.5 Å². The first-order chi connectivity index (χ1) is 17.9. The lowest BCUT2D eigenvalue weighted by molar-refractivity contribution is -0.139. The zero-order valence-corrected chi connectivity index (χ0v) is 24.8. The van der Waals surface area contributed by atoms with E-state index in [4.69, 9.17) is 0 Å². The van der Waals surface area contributed by atoms with E-state index in [1.807, 2.05) is 57.2 Å². The van der Waals surface area contributed by atoms with Crippen molar-refractivity contribution in [1.82, 2.24) is 10.2 Å².